The summed E-state index contributed by atoms with van der Waals surface area (Å²) in [6, 6.07) is 24.0. The van der Waals surface area contributed by atoms with Gasteiger partial charge in [-0.3, -0.25) is 9.36 Å². The number of nitrogens with zero attached hydrogens (tertiary/aromatic N) is 4. The Bertz CT molecular complexity index is 1320. The van der Waals surface area contributed by atoms with E-state index in [0.717, 1.165) is 52.4 Å². The smallest absolute Gasteiger partial charge is 0.237 e. The first-order chi connectivity index (χ1) is 17.1. The molecular formula is C27H25BrN4O2S. The molecule has 1 aliphatic rings. The fraction of sp³-hybridized carbons (Fsp3) is 0.222. The van der Waals surface area contributed by atoms with Gasteiger partial charge in [0.2, 0.25) is 5.91 Å². The predicted octanol–water partition coefficient (Wildman–Crippen LogP) is 6.17. The zero-order valence-corrected chi connectivity index (χ0v) is 21.8. The number of halogens is 1. The molecule has 5 rings (SSSR count). The highest BCUT2D eigenvalue weighted by atomic mass is 79.9. The van der Waals surface area contributed by atoms with E-state index in [-0.39, 0.29) is 11.7 Å². The van der Waals surface area contributed by atoms with Gasteiger partial charge in [-0.05, 0) is 67.8 Å². The van der Waals surface area contributed by atoms with Crippen molar-refractivity contribution in [3.63, 3.8) is 0 Å². The third-order valence-corrected chi connectivity index (χ3v) is 7.32. The van der Waals surface area contributed by atoms with Crippen LogP contribution in [0.4, 0.5) is 5.69 Å². The lowest BCUT2D eigenvalue weighted by Gasteiger charge is -2.29. The Morgan fingerprint density at radius 1 is 1.03 bits per heavy atom. The average molecular weight is 549 g/mol. The number of aryl methyl sites for hydroxylation is 1. The third kappa shape index (κ3) is 5.13. The Labute approximate surface area is 217 Å². The highest BCUT2D eigenvalue weighted by Crippen LogP contribution is 2.31. The molecule has 0 fully saturated rings. The number of hydrogen-bond donors (Lipinski definition) is 0. The zero-order valence-electron chi connectivity index (χ0n) is 19.4. The van der Waals surface area contributed by atoms with Crippen LogP contribution in [0.2, 0.25) is 0 Å². The maximum Gasteiger partial charge on any atom is 0.237 e. The number of ether oxygens (including phenoxy) is 1. The second kappa shape index (κ2) is 10.7. The minimum absolute atomic E-state index is 0.0774. The van der Waals surface area contributed by atoms with Crippen LogP contribution in [0.25, 0.3) is 17.1 Å². The summed E-state index contributed by atoms with van der Waals surface area (Å²) in [5, 5.41) is 9.64. The van der Waals surface area contributed by atoms with Crippen molar-refractivity contribution in [1.29, 1.82) is 0 Å². The van der Waals surface area contributed by atoms with Gasteiger partial charge in [0.15, 0.2) is 11.0 Å². The van der Waals surface area contributed by atoms with E-state index in [0.29, 0.717) is 11.8 Å². The number of carbonyl (C=O) groups excluding carboxylic acids is 1. The quantitative estimate of drug-likeness (QED) is 0.258. The second-order valence-electron chi connectivity index (χ2n) is 8.14. The predicted molar refractivity (Wildman–Crippen MR) is 144 cm³/mol. The van der Waals surface area contributed by atoms with E-state index in [9.17, 15) is 4.79 Å². The summed E-state index contributed by atoms with van der Waals surface area (Å²) in [5.41, 5.74) is 4.10. The molecule has 0 atom stereocenters. The maximum atomic E-state index is 13.2. The molecule has 0 spiro atoms. The molecule has 0 unspecified atom stereocenters. The van der Waals surface area contributed by atoms with Crippen LogP contribution in [-0.4, -0.2) is 39.6 Å². The number of aromatic nitrogens is 3. The number of fused-ring (bicyclic) bond motifs is 1. The Balaban J connectivity index is 1.44. The van der Waals surface area contributed by atoms with E-state index < -0.39 is 0 Å². The maximum absolute atomic E-state index is 13.2. The summed E-state index contributed by atoms with van der Waals surface area (Å²) in [4.78, 5) is 15.1. The van der Waals surface area contributed by atoms with Crippen LogP contribution < -0.4 is 9.64 Å². The van der Waals surface area contributed by atoms with Gasteiger partial charge >= 0.3 is 0 Å². The molecule has 4 aromatic rings. The number of para-hydroxylation sites is 1. The number of anilines is 1. The highest BCUT2D eigenvalue weighted by Gasteiger charge is 2.24. The zero-order chi connectivity index (χ0) is 24.2. The van der Waals surface area contributed by atoms with Gasteiger partial charge in [-0.2, -0.15) is 0 Å². The Kier molecular flexibility index (Phi) is 7.20. The van der Waals surface area contributed by atoms with Crippen molar-refractivity contribution in [2.24, 2.45) is 0 Å². The normalized spacial score (nSPS) is 12.9. The molecule has 1 amide bonds. The second-order valence-corrected chi connectivity index (χ2v) is 10.00. The SMILES string of the molecule is CCOc1ccc(-n2c(SCC(=O)N3CCCc4ccccc43)nnc2-c2ccc(Br)cc2)cc1. The first-order valence-corrected chi connectivity index (χ1v) is 13.4. The van der Waals surface area contributed by atoms with Gasteiger partial charge in [-0.25, -0.2) is 0 Å². The first kappa shape index (κ1) is 23.6. The monoisotopic (exact) mass is 548 g/mol. The van der Waals surface area contributed by atoms with Crippen LogP contribution in [0.3, 0.4) is 0 Å². The van der Waals surface area contributed by atoms with Gasteiger partial charge in [0.1, 0.15) is 5.75 Å². The largest absolute Gasteiger partial charge is 0.494 e. The number of carbonyl (C=O) groups is 1. The molecule has 3 aromatic carbocycles. The van der Waals surface area contributed by atoms with Gasteiger partial charge in [0.25, 0.3) is 0 Å². The van der Waals surface area contributed by atoms with Crippen molar-refractivity contribution in [2.45, 2.75) is 24.9 Å². The van der Waals surface area contributed by atoms with Crippen molar-refractivity contribution >= 4 is 39.3 Å². The molecule has 1 aromatic heterocycles. The summed E-state index contributed by atoms with van der Waals surface area (Å²) >= 11 is 4.91. The summed E-state index contributed by atoms with van der Waals surface area (Å²) in [6.45, 7) is 3.32. The molecule has 0 aliphatic carbocycles. The minimum Gasteiger partial charge on any atom is -0.494 e. The van der Waals surface area contributed by atoms with Crippen LogP contribution in [0.15, 0.2) is 82.4 Å². The van der Waals surface area contributed by atoms with E-state index in [1.165, 1.54) is 17.3 Å². The molecule has 6 nitrogen and oxygen atoms in total. The average Bonchev–Trinajstić information content (AvgIpc) is 3.32. The van der Waals surface area contributed by atoms with Gasteiger partial charge in [0, 0.05) is 28.0 Å². The lowest BCUT2D eigenvalue weighted by atomic mass is 10.0. The van der Waals surface area contributed by atoms with Crippen molar-refractivity contribution in [2.75, 3.05) is 23.8 Å². The van der Waals surface area contributed by atoms with Crippen LogP contribution in [0.5, 0.6) is 5.75 Å². The Hall–Kier alpha value is -3.10. The first-order valence-electron chi connectivity index (χ1n) is 11.6. The lowest BCUT2D eigenvalue weighted by Crippen LogP contribution is -2.36. The minimum atomic E-state index is 0.0774. The molecule has 178 valence electrons. The Morgan fingerprint density at radius 3 is 2.57 bits per heavy atom. The molecule has 2 heterocycles. The summed E-state index contributed by atoms with van der Waals surface area (Å²) in [5.74, 6) is 1.89. The standard InChI is InChI=1S/C27H25BrN4O2S/c1-2-34-23-15-13-22(14-16-23)32-26(20-9-11-21(28)12-10-20)29-30-27(32)35-18-25(33)31-17-5-7-19-6-3-4-8-24(19)31/h3-4,6,8-16H,2,5,7,17-18H2,1H3. The molecule has 8 heteroatoms. The molecule has 0 saturated heterocycles. The molecule has 35 heavy (non-hydrogen) atoms. The molecule has 1 aliphatic heterocycles. The fourth-order valence-electron chi connectivity index (χ4n) is 4.24. The van der Waals surface area contributed by atoms with Crippen LogP contribution in [0, 0.1) is 0 Å². The van der Waals surface area contributed by atoms with Gasteiger partial charge in [-0.15, -0.1) is 10.2 Å². The van der Waals surface area contributed by atoms with Gasteiger partial charge in [0.05, 0.1) is 12.4 Å². The van der Waals surface area contributed by atoms with Crippen LogP contribution in [0.1, 0.15) is 18.9 Å². The van der Waals surface area contributed by atoms with E-state index in [2.05, 4.69) is 32.2 Å². The number of benzene rings is 3. The van der Waals surface area contributed by atoms with Crippen molar-refractivity contribution in [3.8, 4) is 22.8 Å². The lowest BCUT2D eigenvalue weighted by molar-refractivity contribution is -0.116. The summed E-state index contributed by atoms with van der Waals surface area (Å²) in [7, 11) is 0. The molecule has 0 radical (unpaired) electrons. The van der Waals surface area contributed by atoms with Crippen molar-refractivity contribution in [3.05, 3.63) is 82.8 Å². The third-order valence-electron chi connectivity index (χ3n) is 5.88. The molecule has 0 bridgehead atoms. The van der Waals surface area contributed by atoms with E-state index in [4.69, 9.17) is 4.74 Å². The topological polar surface area (TPSA) is 60.2 Å². The highest BCUT2D eigenvalue weighted by molar-refractivity contribution is 9.10. The summed E-state index contributed by atoms with van der Waals surface area (Å²) in [6.07, 6.45) is 1.99. The molecular weight excluding hydrogens is 524 g/mol. The summed E-state index contributed by atoms with van der Waals surface area (Å²) < 4.78 is 8.61. The van der Waals surface area contributed by atoms with Crippen LogP contribution >= 0.6 is 27.7 Å². The van der Waals surface area contributed by atoms with Gasteiger partial charge < -0.3 is 9.64 Å². The van der Waals surface area contributed by atoms with E-state index in [1.807, 2.05) is 83.1 Å². The van der Waals surface area contributed by atoms with Gasteiger partial charge in [-0.1, -0.05) is 58.0 Å². The number of amides is 1. The fourth-order valence-corrected chi connectivity index (χ4v) is 5.33. The van der Waals surface area contributed by atoms with Crippen molar-refractivity contribution < 1.29 is 9.53 Å². The van der Waals surface area contributed by atoms with Crippen LogP contribution in [-0.2, 0) is 11.2 Å². The molecule has 0 saturated carbocycles. The van der Waals surface area contributed by atoms with Crippen molar-refractivity contribution in [1.82, 2.24) is 14.8 Å². The number of hydrogen-bond acceptors (Lipinski definition) is 5. The van der Waals surface area contributed by atoms with E-state index >= 15 is 0 Å². The Morgan fingerprint density at radius 2 is 1.80 bits per heavy atom. The van der Waals surface area contributed by atoms with E-state index in [1.54, 1.807) is 0 Å². The number of rotatable bonds is 7. The molecule has 0 N–H and O–H groups in total. The number of thioether (sulfide) groups is 1.